The van der Waals surface area contributed by atoms with Crippen molar-refractivity contribution in [2.24, 2.45) is 0 Å². The first-order valence-corrected chi connectivity index (χ1v) is 7.43. The van der Waals surface area contributed by atoms with E-state index in [1.807, 2.05) is 14.1 Å². The van der Waals surface area contributed by atoms with E-state index in [0.29, 0.717) is 21.7 Å². The second-order valence-corrected chi connectivity index (χ2v) is 5.95. The van der Waals surface area contributed by atoms with Crippen LogP contribution in [0.15, 0.2) is 11.1 Å². The summed E-state index contributed by atoms with van der Waals surface area (Å²) in [5, 5.41) is 29.3. The monoisotopic (exact) mass is 373 g/mol. The Morgan fingerprint density at radius 1 is 1.32 bits per heavy atom. The van der Waals surface area contributed by atoms with Crippen molar-refractivity contribution in [2.45, 2.75) is 24.5 Å². The fourth-order valence-electron chi connectivity index (χ4n) is 2.52. The van der Waals surface area contributed by atoms with Crippen LogP contribution in [0.5, 0.6) is 0 Å². The summed E-state index contributed by atoms with van der Waals surface area (Å²) in [4.78, 5) is 14.5. The Labute approximate surface area is 134 Å². The summed E-state index contributed by atoms with van der Waals surface area (Å²) in [7, 11) is 3.67. The first-order chi connectivity index (χ1) is 10.5. The second-order valence-electron chi connectivity index (χ2n) is 5.24. The molecule has 0 spiro atoms. The molecule has 3 heterocycles. The summed E-state index contributed by atoms with van der Waals surface area (Å²) in [6.45, 7) is -0.392. The summed E-state index contributed by atoms with van der Waals surface area (Å²) in [5.41, 5.74) is 0.998. The quantitative estimate of drug-likeness (QED) is 0.602. The van der Waals surface area contributed by atoms with Gasteiger partial charge in [-0.05, 0) is 15.9 Å². The number of nitrogens with zero attached hydrogens (tertiary/aromatic N) is 5. The molecule has 0 radical (unpaired) electrons. The molecule has 0 saturated carbocycles. The molecule has 2 aromatic rings. The number of halogens is 1. The number of aliphatic hydroxyl groups excluding tert-OH is 3. The molecule has 0 amide bonds. The third-order valence-corrected chi connectivity index (χ3v) is 4.17. The SMILES string of the molecule is CN(C)c1ncnc2c1nc(Br)n2[C@@H]1O[C@H](CO)[C@@H](O)[C@@H]1O. The molecule has 1 aliphatic heterocycles. The van der Waals surface area contributed by atoms with Crippen LogP contribution in [-0.4, -0.2) is 73.9 Å². The fraction of sp³-hybridized carbons (Fsp3) is 0.583. The van der Waals surface area contributed by atoms with E-state index in [0.717, 1.165) is 0 Å². The van der Waals surface area contributed by atoms with E-state index in [-0.39, 0.29) is 0 Å². The van der Waals surface area contributed by atoms with Gasteiger partial charge in [-0.2, -0.15) is 0 Å². The highest BCUT2D eigenvalue weighted by Crippen LogP contribution is 2.35. The van der Waals surface area contributed by atoms with Gasteiger partial charge in [-0.25, -0.2) is 15.0 Å². The summed E-state index contributed by atoms with van der Waals surface area (Å²) in [5.74, 6) is 0.621. The maximum Gasteiger partial charge on any atom is 0.181 e. The summed E-state index contributed by atoms with van der Waals surface area (Å²) < 4.78 is 7.46. The third-order valence-electron chi connectivity index (χ3n) is 3.61. The Kier molecular flexibility index (Phi) is 4.03. The molecule has 3 N–H and O–H groups in total. The lowest BCUT2D eigenvalue weighted by molar-refractivity contribution is -0.0521. The van der Waals surface area contributed by atoms with E-state index in [2.05, 4.69) is 30.9 Å². The predicted octanol–water partition coefficient (Wildman–Crippen LogP) is -0.734. The highest BCUT2D eigenvalue weighted by atomic mass is 79.9. The van der Waals surface area contributed by atoms with E-state index < -0.39 is 31.1 Å². The molecule has 0 unspecified atom stereocenters. The highest BCUT2D eigenvalue weighted by Gasteiger charge is 2.44. The Morgan fingerprint density at radius 2 is 2.05 bits per heavy atom. The zero-order chi connectivity index (χ0) is 16.0. The van der Waals surface area contributed by atoms with Crippen molar-refractivity contribution in [3.63, 3.8) is 0 Å². The number of rotatable bonds is 3. The summed E-state index contributed by atoms with van der Waals surface area (Å²) in [6, 6.07) is 0. The van der Waals surface area contributed by atoms with Crippen molar-refractivity contribution in [1.29, 1.82) is 0 Å². The molecule has 1 aliphatic rings. The molecule has 1 fully saturated rings. The number of imidazole rings is 1. The molecule has 22 heavy (non-hydrogen) atoms. The van der Waals surface area contributed by atoms with Crippen LogP contribution in [0.1, 0.15) is 6.23 Å². The topological polar surface area (TPSA) is 117 Å². The van der Waals surface area contributed by atoms with Gasteiger partial charge in [-0.3, -0.25) is 4.57 Å². The van der Waals surface area contributed by atoms with Crippen molar-refractivity contribution in [1.82, 2.24) is 19.5 Å². The average Bonchev–Trinajstić information content (AvgIpc) is 2.96. The number of aliphatic hydroxyl groups is 3. The maximum absolute atomic E-state index is 10.2. The van der Waals surface area contributed by atoms with Gasteiger partial charge in [0.2, 0.25) is 0 Å². The van der Waals surface area contributed by atoms with Crippen molar-refractivity contribution in [3.8, 4) is 0 Å². The Hall–Kier alpha value is -1.33. The van der Waals surface area contributed by atoms with Crippen molar-refractivity contribution < 1.29 is 20.1 Å². The molecule has 3 rings (SSSR count). The van der Waals surface area contributed by atoms with Crippen molar-refractivity contribution >= 4 is 32.9 Å². The van der Waals surface area contributed by atoms with Crippen LogP contribution in [0.3, 0.4) is 0 Å². The van der Waals surface area contributed by atoms with Crippen LogP contribution < -0.4 is 4.90 Å². The lowest BCUT2D eigenvalue weighted by atomic mass is 10.1. The molecular formula is C12H16BrN5O4. The molecule has 4 atom stereocenters. The predicted molar refractivity (Wildman–Crippen MR) is 80.4 cm³/mol. The Balaban J connectivity index is 2.12. The lowest BCUT2D eigenvalue weighted by Crippen LogP contribution is -2.33. The Bertz CT molecular complexity index is 693. The smallest absolute Gasteiger partial charge is 0.181 e. The van der Waals surface area contributed by atoms with Crippen LogP contribution in [0.2, 0.25) is 0 Å². The highest BCUT2D eigenvalue weighted by molar-refractivity contribution is 9.10. The van der Waals surface area contributed by atoms with Gasteiger partial charge in [-0.15, -0.1) is 0 Å². The van der Waals surface area contributed by atoms with Gasteiger partial charge in [0.15, 0.2) is 27.9 Å². The Morgan fingerprint density at radius 3 is 2.64 bits per heavy atom. The van der Waals surface area contributed by atoms with Crippen molar-refractivity contribution in [3.05, 3.63) is 11.1 Å². The van der Waals surface area contributed by atoms with E-state index in [4.69, 9.17) is 4.74 Å². The van der Waals surface area contributed by atoms with Gasteiger partial charge in [0.25, 0.3) is 0 Å². The van der Waals surface area contributed by atoms with E-state index >= 15 is 0 Å². The van der Waals surface area contributed by atoms with Crippen LogP contribution in [0.4, 0.5) is 5.82 Å². The van der Waals surface area contributed by atoms with Crippen LogP contribution >= 0.6 is 15.9 Å². The summed E-state index contributed by atoms with van der Waals surface area (Å²) in [6.07, 6.45) is -2.77. The minimum Gasteiger partial charge on any atom is -0.394 e. The zero-order valence-electron chi connectivity index (χ0n) is 12.0. The minimum absolute atomic E-state index is 0.390. The molecule has 9 nitrogen and oxygen atoms in total. The number of aromatic nitrogens is 4. The van der Waals surface area contributed by atoms with Crippen LogP contribution in [0.25, 0.3) is 11.2 Å². The first-order valence-electron chi connectivity index (χ1n) is 6.64. The van der Waals surface area contributed by atoms with Crippen molar-refractivity contribution in [2.75, 3.05) is 25.6 Å². The number of hydrogen-bond acceptors (Lipinski definition) is 8. The molecule has 120 valence electrons. The van der Waals surface area contributed by atoms with Gasteiger partial charge < -0.3 is 25.0 Å². The first kappa shape index (κ1) is 15.6. The van der Waals surface area contributed by atoms with Gasteiger partial charge in [0.1, 0.15) is 24.6 Å². The average molecular weight is 374 g/mol. The summed E-state index contributed by atoms with van der Waals surface area (Å²) >= 11 is 3.32. The third kappa shape index (κ3) is 2.27. The zero-order valence-corrected chi connectivity index (χ0v) is 13.5. The molecular weight excluding hydrogens is 358 g/mol. The molecule has 10 heteroatoms. The normalized spacial score (nSPS) is 28.5. The van der Waals surface area contributed by atoms with E-state index in [1.165, 1.54) is 10.9 Å². The standard InChI is InChI=1S/C12H16BrN5O4/c1-17(2)9-6-10(15-4-14-9)18(12(13)16-6)11-8(21)7(20)5(3-19)22-11/h4-5,7-8,11,19-21H,3H2,1-2H3/t5-,7-,8+,11-/m1/s1. The van der Waals surface area contributed by atoms with E-state index in [9.17, 15) is 15.3 Å². The maximum atomic E-state index is 10.2. The molecule has 0 aromatic carbocycles. The fourth-order valence-corrected chi connectivity index (χ4v) is 3.06. The van der Waals surface area contributed by atoms with E-state index in [1.54, 1.807) is 4.90 Å². The number of anilines is 1. The van der Waals surface area contributed by atoms with Gasteiger partial charge in [0, 0.05) is 14.1 Å². The van der Waals surface area contributed by atoms with Crippen LogP contribution in [0, 0.1) is 0 Å². The molecule has 0 bridgehead atoms. The molecule has 1 saturated heterocycles. The lowest BCUT2D eigenvalue weighted by Gasteiger charge is -2.18. The minimum atomic E-state index is -1.20. The second kappa shape index (κ2) is 5.70. The largest absolute Gasteiger partial charge is 0.394 e. The number of hydrogen-bond donors (Lipinski definition) is 3. The van der Waals surface area contributed by atoms with Gasteiger partial charge in [0.05, 0.1) is 6.61 Å². The number of fused-ring (bicyclic) bond motifs is 1. The van der Waals surface area contributed by atoms with Crippen LogP contribution in [-0.2, 0) is 4.74 Å². The van der Waals surface area contributed by atoms with Gasteiger partial charge in [-0.1, -0.05) is 0 Å². The van der Waals surface area contributed by atoms with Gasteiger partial charge >= 0.3 is 0 Å². The number of ether oxygens (including phenoxy) is 1. The molecule has 2 aromatic heterocycles. The molecule has 0 aliphatic carbocycles.